The van der Waals surface area contributed by atoms with E-state index in [2.05, 4.69) is 51.9 Å². The molecule has 2 amide bonds. The highest BCUT2D eigenvalue weighted by atomic mass is 16.7. The predicted octanol–water partition coefficient (Wildman–Crippen LogP) is 7.41. The molecule has 3 fully saturated rings. The van der Waals surface area contributed by atoms with E-state index >= 15 is 0 Å². The summed E-state index contributed by atoms with van der Waals surface area (Å²) >= 11 is 0. The van der Waals surface area contributed by atoms with Crippen LogP contribution in [0.1, 0.15) is 92.4 Å². The van der Waals surface area contributed by atoms with E-state index in [0.29, 0.717) is 44.0 Å². The van der Waals surface area contributed by atoms with Gasteiger partial charge in [-0.1, -0.05) is 91.7 Å². The average Bonchev–Trinajstić information content (AvgIpc) is 3.71. The number of nitrogens with one attached hydrogen (secondary N) is 2. The topological polar surface area (TPSA) is 145 Å². The molecule has 11 nitrogen and oxygen atoms in total. The molecule has 5 N–H and O–H groups in total. The van der Waals surface area contributed by atoms with Gasteiger partial charge in [0.2, 0.25) is 11.8 Å². The number of piperidine rings is 1. The molecule has 3 saturated heterocycles. The lowest BCUT2D eigenvalue weighted by Gasteiger charge is -2.41. The number of hydrogen-bond acceptors (Lipinski definition) is 9. The molecule has 4 aromatic carbocycles. The highest BCUT2D eigenvalue weighted by molar-refractivity contribution is 5.93. The van der Waals surface area contributed by atoms with Crippen LogP contribution in [-0.4, -0.2) is 66.6 Å². The molecular formula is C46H56N4O7. The molecule has 0 unspecified atom stereocenters. The number of rotatable bonds is 16. The lowest BCUT2D eigenvalue weighted by atomic mass is 9.98. The second-order valence-corrected chi connectivity index (χ2v) is 15.4. The van der Waals surface area contributed by atoms with Crippen molar-refractivity contribution in [3.05, 3.63) is 119 Å². The highest BCUT2D eigenvalue weighted by Crippen LogP contribution is 2.39. The Kier molecular flexibility index (Phi) is 14.0. The Morgan fingerprint density at radius 2 is 1.46 bits per heavy atom. The molecule has 0 saturated carbocycles. The number of nitrogen functional groups attached to an aromatic ring is 1. The molecule has 4 aromatic rings. The second-order valence-electron chi connectivity index (χ2n) is 15.4. The Labute approximate surface area is 335 Å². The minimum atomic E-state index is -0.529. The first-order valence-electron chi connectivity index (χ1n) is 20.5. The van der Waals surface area contributed by atoms with E-state index in [-0.39, 0.29) is 30.6 Å². The number of nitrogens with zero attached hydrogens (tertiary/aromatic N) is 1. The van der Waals surface area contributed by atoms with Crippen LogP contribution >= 0.6 is 0 Å². The number of benzene rings is 4. The van der Waals surface area contributed by atoms with Crippen molar-refractivity contribution in [2.75, 3.05) is 43.9 Å². The fourth-order valence-corrected chi connectivity index (χ4v) is 7.91. The maximum atomic E-state index is 12.6. The number of amides is 2. The van der Waals surface area contributed by atoms with Gasteiger partial charge in [0.25, 0.3) is 0 Å². The quantitative estimate of drug-likeness (QED) is 0.0676. The summed E-state index contributed by atoms with van der Waals surface area (Å²) < 4.78 is 25.2. The summed E-state index contributed by atoms with van der Waals surface area (Å²) in [5, 5.41) is 15.5. The minimum absolute atomic E-state index is 0.00608. The summed E-state index contributed by atoms with van der Waals surface area (Å²) in [5.41, 5.74) is 13.2. The maximum Gasteiger partial charge on any atom is 0.224 e. The van der Waals surface area contributed by atoms with Gasteiger partial charge in [0, 0.05) is 63.8 Å². The van der Waals surface area contributed by atoms with Crippen LogP contribution < -0.4 is 16.4 Å². The molecule has 3 heterocycles. The zero-order valence-electron chi connectivity index (χ0n) is 32.7. The average molecular weight is 777 g/mol. The number of carbonyl (C=O) groups is 2. The number of carbonyl (C=O) groups excluding carboxylic acids is 2. The normalized spacial score (nSPS) is 20.7. The van der Waals surface area contributed by atoms with Crippen LogP contribution in [0.15, 0.2) is 97.1 Å². The van der Waals surface area contributed by atoms with Crippen LogP contribution in [0, 0.1) is 0 Å². The number of likely N-dealkylation sites (tertiary alicyclic amines) is 1. The summed E-state index contributed by atoms with van der Waals surface area (Å²) in [5.74, 6) is -0.434. The van der Waals surface area contributed by atoms with Crippen molar-refractivity contribution in [2.45, 2.75) is 95.2 Å². The van der Waals surface area contributed by atoms with Gasteiger partial charge in [0.05, 0.1) is 43.4 Å². The molecule has 0 aromatic heterocycles. The second kappa shape index (κ2) is 19.7. The van der Waals surface area contributed by atoms with E-state index < -0.39 is 12.1 Å². The first kappa shape index (κ1) is 40.6. The lowest BCUT2D eigenvalue weighted by molar-refractivity contribution is -0.255. The van der Waals surface area contributed by atoms with Gasteiger partial charge < -0.3 is 45.3 Å². The van der Waals surface area contributed by atoms with Gasteiger partial charge in [-0.15, -0.1) is 0 Å². The van der Waals surface area contributed by atoms with Gasteiger partial charge in [0.15, 0.2) is 12.1 Å². The van der Waals surface area contributed by atoms with Crippen LogP contribution in [0.4, 0.5) is 11.4 Å². The first-order valence-corrected chi connectivity index (χ1v) is 20.5. The SMILES string of the molecule is Nc1ccccc1NC(=O)CCCCCCC(=O)NCc1cccc(-c2ccc([C@@H]3O[C@H](CN4CCC5(CC4)OCCO5)C[C@H](c4ccc(CO)cc4)O3)cc2)c1. The Balaban J connectivity index is 0.886. The predicted molar refractivity (Wildman–Crippen MR) is 220 cm³/mol. The zero-order valence-corrected chi connectivity index (χ0v) is 32.7. The smallest absolute Gasteiger partial charge is 0.224 e. The van der Waals surface area contributed by atoms with Crippen LogP contribution in [0.25, 0.3) is 11.1 Å². The van der Waals surface area contributed by atoms with Crippen molar-refractivity contribution in [3.8, 4) is 11.1 Å². The number of ether oxygens (including phenoxy) is 4. The monoisotopic (exact) mass is 776 g/mol. The van der Waals surface area contributed by atoms with E-state index in [0.717, 1.165) is 98.0 Å². The van der Waals surface area contributed by atoms with Gasteiger partial charge in [-0.2, -0.15) is 0 Å². The number of anilines is 2. The van der Waals surface area contributed by atoms with E-state index in [4.69, 9.17) is 24.7 Å². The molecule has 0 aliphatic carbocycles. The van der Waals surface area contributed by atoms with Crippen molar-refractivity contribution < 1.29 is 33.6 Å². The third kappa shape index (κ3) is 11.3. The largest absolute Gasteiger partial charge is 0.397 e. The molecular weight excluding hydrogens is 721 g/mol. The van der Waals surface area contributed by atoms with E-state index in [1.54, 1.807) is 12.1 Å². The summed E-state index contributed by atoms with van der Waals surface area (Å²) in [6.45, 7) is 4.40. The number of aliphatic hydroxyl groups is 1. The standard InChI is InChI=1S/C46H56N4O7/c47-40-10-5-6-11-41(40)49-44(53)13-4-2-1-3-12-43(52)48-30-34-8-7-9-38(28-34)35-18-20-37(21-19-35)45-56-39(29-42(57-45)36-16-14-33(32-51)15-17-36)31-50-24-22-46(23-25-50)54-26-27-55-46/h5-11,14-21,28,39,42,45,51H,1-4,12-13,22-27,29-32,47H2,(H,48,52)(H,49,53)/t39-,42+,45+/m0/s1. The van der Waals surface area contributed by atoms with Gasteiger partial charge in [0.1, 0.15) is 0 Å². The van der Waals surface area contributed by atoms with Crippen molar-refractivity contribution >= 4 is 23.2 Å². The van der Waals surface area contributed by atoms with Gasteiger partial charge in [-0.3, -0.25) is 9.59 Å². The number of para-hydroxylation sites is 2. The fraction of sp³-hybridized carbons (Fsp3) is 0.435. The lowest BCUT2D eigenvalue weighted by Crippen LogP contribution is -2.48. The first-order chi connectivity index (χ1) is 27.8. The summed E-state index contributed by atoms with van der Waals surface area (Å²) in [6.07, 6.45) is 5.95. The van der Waals surface area contributed by atoms with Crippen LogP contribution in [0.3, 0.4) is 0 Å². The number of unbranched alkanes of at least 4 members (excludes halogenated alkanes) is 3. The molecule has 3 atom stereocenters. The Hall–Kier alpha value is -4.62. The van der Waals surface area contributed by atoms with Crippen molar-refractivity contribution in [3.63, 3.8) is 0 Å². The molecule has 3 aliphatic heterocycles. The maximum absolute atomic E-state index is 12.6. The fourth-order valence-electron chi connectivity index (χ4n) is 7.91. The third-order valence-corrected chi connectivity index (χ3v) is 11.2. The van der Waals surface area contributed by atoms with E-state index in [1.807, 2.05) is 48.5 Å². The number of aliphatic hydroxyl groups excluding tert-OH is 1. The summed E-state index contributed by atoms with van der Waals surface area (Å²) in [6, 6.07) is 31.8. The molecule has 0 radical (unpaired) electrons. The molecule has 0 bridgehead atoms. The van der Waals surface area contributed by atoms with Crippen molar-refractivity contribution in [1.29, 1.82) is 0 Å². The molecule has 7 rings (SSSR count). The van der Waals surface area contributed by atoms with Crippen LogP contribution in [0.5, 0.6) is 0 Å². The van der Waals surface area contributed by atoms with Gasteiger partial charge in [-0.25, -0.2) is 0 Å². The molecule has 57 heavy (non-hydrogen) atoms. The van der Waals surface area contributed by atoms with Crippen LogP contribution in [-0.2, 0) is 41.7 Å². The van der Waals surface area contributed by atoms with E-state index in [1.165, 1.54) is 0 Å². The minimum Gasteiger partial charge on any atom is -0.397 e. The third-order valence-electron chi connectivity index (χ3n) is 11.2. The van der Waals surface area contributed by atoms with Gasteiger partial charge >= 0.3 is 0 Å². The van der Waals surface area contributed by atoms with Crippen molar-refractivity contribution in [1.82, 2.24) is 10.2 Å². The Morgan fingerprint density at radius 3 is 2.18 bits per heavy atom. The van der Waals surface area contributed by atoms with Crippen molar-refractivity contribution in [2.24, 2.45) is 0 Å². The molecule has 302 valence electrons. The zero-order chi connectivity index (χ0) is 39.5. The summed E-state index contributed by atoms with van der Waals surface area (Å²) in [7, 11) is 0. The van der Waals surface area contributed by atoms with E-state index in [9.17, 15) is 14.7 Å². The number of nitrogens with two attached hydrogens (primary N) is 1. The summed E-state index contributed by atoms with van der Waals surface area (Å²) in [4.78, 5) is 27.3. The Bertz CT molecular complexity index is 1900. The molecule has 1 spiro atoms. The molecule has 11 heteroatoms. The number of hydrogen-bond donors (Lipinski definition) is 4. The van der Waals surface area contributed by atoms with Crippen LogP contribution in [0.2, 0.25) is 0 Å². The van der Waals surface area contributed by atoms with Gasteiger partial charge in [-0.05, 0) is 58.9 Å². The Morgan fingerprint density at radius 1 is 0.754 bits per heavy atom. The molecule has 3 aliphatic rings. The highest BCUT2D eigenvalue weighted by Gasteiger charge is 2.41.